The molecule has 2 atom stereocenters. The van der Waals surface area contributed by atoms with E-state index < -0.39 is 0 Å². The van der Waals surface area contributed by atoms with E-state index in [1.54, 1.807) is 39.7 Å². The molecular formula is C28H35N5O4. The summed E-state index contributed by atoms with van der Waals surface area (Å²) in [7, 11) is 4.71. The number of rotatable bonds is 9. The maximum absolute atomic E-state index is 13.1. The highest BCUT2D eigenvalue weighted by Crippen LogP contribution is 2.40. The average Bonchev–Trinajstić information content (AvgIpc) is 2.93. The standard InChI is InChI=1S/C28H35N5O4/c1-18-8-10-20(11-9-18)19(2)30-27(34)21-7-6-14-33(17-21)25-12-13-29-28(32-25)31-22-15-23(35-3)26(37-5)24(16-22)36-4/h8-13,15-16,19,21H,6-7,14,17H2,1-5H3,(H,30,34)(H,29,31,32). The van der Waals surface area contributed by atoms with E-state index in [2.05, 4.69) is 51.7 Å². The van der Waals surface area contributed by atoms with Gasteiger partial charge in [-0.3, -0.25) is 4.79 Å². The Kier molecular flexibility index (Phi) is 8.32. The van der Waals surface area contributed by atoms with Crippen molar-refractivity contribution in [2.75, 3.05) is 44.6 Å². The smallest absolute Gasteiger partial charge is 0.229 e. The molecule has 3 aromatic rings. The molecule has 9 nitrogen and oxygen atoms in total. The summed E-state index contributed by atoms with van der Waals surface area (Å²) in [5.74, 6) is 2.75. The quantitative estimate of drug-likeness (QED) is 0.434. The fourth-order valence-electron chi connectivity index (χ4n) is 4.54. The van der Waals surface area contributed by atoms with Crippen molar-refractivity contribution in [3.05, 3.63) is 59.8 Å². The summed E-state index contributed by atoms with van der Waals surface area (Å²) in [4.78, 5) is 24.3. The first kappa shape index (κ1) is 26.1. The van der Waals surface area contributed by atoms with Gasteiger partial charge >= 0.3 is 0 Å². The number of anilines is 3. The summed E-state index contributed by atoms with van der Waals surface area (Å²) in [6, 6.07) is 13.7. The van der Waals surface area contributed by atoms with E-state index >= 15 is 0 Å². The third-order valence-corrected chi connectivity index (χ3v) is 6.61. The third-order valence-electron chi connectivity index (χ3n) is 6.61. The Morgan fingerprint density at radius 3 is 2.41 bits per heavy atom. The fourth-order valence-corrected chi connectivity index (χ4v) is 4.54. The van der Waals surface area contributed by atoms with Crippen molar-refractivity contribution in [1.29, 1.82) is 0 Å². The lowest BCUT2D eigenvalue weighted by molar-refractivity contribution is -0.125. The van der Waals surface area contributed by atoms with Crippen molar-refractivity contribution in [3.63, 3.8) is 0 Å². The highest BCUT2D eigenvalue weighted by atomic mass is 16.5. The molecular weight excluding hydrogens is 470 g/mol. The molecule has 0 spiro atoms. The monoisotopic (exact) mass is 505 g/mol. The number of aryl methyl sites for hydroxylation is 1. The lowest BCUT2D eigenvalue weighted by Crippen LogP contribution is -2.44. The number of nitrogens with zero attached hydrogens (tertiary/aromatic N) is 3. The molecule has 2 heterocycles. The Bertz CT molecular complexity index is 1190. The van der Waals surface area contributed by atoms with Crippen molar-refractivity contribution in [2.45, 2.75) is 32.7 Å². The van der Waals surface area contributed by atoms with E-state index in [1.165, 1.54) is 5.56 Å². The number of benzene rings is 2. The van der Waals surface area contributed by atoms with Crippen molar-refractivity contribution < 1.29 is 19.0 Å². The summed E-state index contributed by atoms with van der Waals surface area (Å²) >= 11 is 0. The third kappa shape index (κ3) is 6.22. The van der Waals surface area contributed by atoms with E-state index in [1.807, 2.05) is 13.0 Å². The predicted molar refractivity (Wildman–Crippen MR) is 144 cm³/mol. The minimum atomic E-state index is -0.108. The molecule has 2 unspecified atom stereocenters. The molecule has 1 amide bonds. The van der Waals surface area contributed by atoms with Crippen LogP contribution in [0.1, 0.15) is 36.9 Å². The van der Waals surface area contributed by atoms with E-state index in [-0.39, 0.29) is 17.9 Å². The summed E-state index contributed by atoms with van der Waals surface area (Å²) in [5, 5.41) is 6.41. The second kappa shape index (κ2) is 11.8. The Morgan fingerprint density at radius 2 is 1.76 bits per heavy atom. The number of piperidine rings is 1. The van der Waals surface area contributed by atoms with E-state index in [9.17, 15) is 4.79 Å². The molecule has 2 aromatic carbocycles. The maximum atomic E-state index is 13.1. The van der Waals surface area contributed by atoms with Gasteiger partial charge in [-0.2, -0.15) is 4.98 Å². The molecule has 196 valence electrons. The Hall–Kier alpha value is -4.01. The minimum absolute atomic E-state index is 0.0446. The molecule has 4 rings (SSSR count). The molecule has 1 saturated heterocycles. The number of aromatic nitrogens is 2. The van der Waals surface area contributed by atoms with Gasteiger partial charge in [0.1, 0.15) is 5.82 Å². The number of hydrogen-bond donors (Lipinski definition) is 2. The van der Waals surface area contributed by atoms with Gasteiger partial charge in [-0.05, 0) is 38.3 Å². The second-order valence-corrected chi connectivity index (χ2v) is 9.20. The molecule has 2 N–H and O–H groups in total. The molecule has 1 aliphatic heterocycles. The maximum Gasteiger partial charge on any atom is 0.229 e. The SMILES string of the molecule is COc1cc(Nc2nccc(N3CCCC(C(=O)NC(C)c4ccc(C)cc4)C3)n2)cc(OC)c1OC. The normalized spacial score (nSPS) is 16.0. The number of carbonyl (C=O) groups excluding carboxylic acids is 1. The lowest BCUT2D eigenvalue weighted by atomic mass is 9.96. The van der Waals surface area contributed by atoms with Gasteiger partial charge in [-0.1, -0.05) is 29.8 Å². The Balaban J connectivity index is 1.44. The molecule has 1 fully saturated rings. The van der Waals surface area contributed by atoms with Crippen molar-refractivity contribution in [1.82, 2.24) is 15.3 Å². The van der Waals surface area contributed by atoms with Gasteiger partial charge in [-0.15, -0.1) is 0 Å². The first-order chi connectivity index (χ1) is 17.9. The zero-order chi connectivity index (χ0) is 26.4. The van der Waals surface area contributed by atoms with Crippen LogP contribution in [0, 0.1) is 12.8 Å². The molecule has 1 aliphatic rings. The summed E-state index contributed by atoms with van der Waals surface area (Å²) in [6.07, 6.45) is 3.48. The zero-order valence-corrected chi connectivity index (χ0v) is 22.1. The molecule has 0 saturated carbocycles. The fraction of sp³-hybridized carbons (Fsp3) is 0.393. The van der Waals surface area contributed by atoms with Gasteiger partial charge in [0.05, 0.1) is 33.3 Å². The molecule has 0 radical (unpaired) electrons. The highest BCUT2D eigenvalue weighted by molar-refractivity contribution is 5.80. The van der Waals surface area contributed by atoms with Gasteiger partial charge in [0, 0.05) is 37.1 Å². The zero-order valence-electron chi connectivity index (χ0n) is 22.1. The molecule has 0 aliphatic carbocycles. The second-order valence-electron chi connectivity index (χ2n) is 9.20. The average molecular weight is 506 g/mol. The number of methoxy groups -OCH3 is 3. The predicted octanol–water partition coefficient (Wildman–Crippen LogP) is 4.65. The lowest BCUT2D eigenvalue weighted by Gasteiger charge is -2.33. The first-order valence-corrected chi connectivity index (χ1v) is 12.4. The first-order valence-electron chi connectivity index (χ1n) is 12.4. The van der Waals surface area contributed by atoms with Gasteiger partial charge in [0.25, 0.3) is 0 Å². The van der Waals surface area contributed by atoms with E-state index in [4.69, 9.17) is 19.2 Å². The van der Waals surface area contributed by atoms with Gasteiger partial charge in [0.2, 0.25) is 17.6 Å². The Morgan fingerprint density at radius 1 is 1.05 bits per heavy atom. The molecule has 37 heavy (non-hydrogen) atoms. The van der Waals surface area contributed by atoms with Crippen LogP contribution in [0.4, 0.5) is 17.5 Å². The number of hydrogen-bond acceptors (Lipinski definition) is 8. The van der Waals surface area contributed by atoms with Crippen LogP contribution in [0.3, 0.4) is 0 Å². The van der Waals surface area contributed by atoms with Gasteiger partial charge in [-0.25, -0.2) is 4.98 Å². The van der Waals surface area contributed by atoms with Crippen LogP contribution in [0.2, 0.25) is 0 Å². The molecule has 9 heteroatoms. The summed E-state index contributed by atoms with van der Waals surface area (Å²) < 4.78 is 16.3. The van der Waals surface area contributed by atoms with Crippen LogP contribution < -0.4 is 29.7 Å². The van der Waals surface area contributed by atoms with Crippen molar-refractivity contribution >= 4 is 23.4 Å². The minimum Gasteiger partial charge on any atom is -0.493 e. The molecule has 1 aromatic heterocycles. The van der Waals surface area contributed by atoms with E-state index in [0.29, 0.717) is 35.4 Å². The van der Waals surface area contributed by atoms with Gasteiger partial charge in [0.15, 0.2) is 11.5 Å². The molecule has 0 bridgehead atoms. The highest BCUT2D eigenvalue weighted by Gasteiger charge is 2.28. The number of ether oxygens (including phenoxy) is 3. The van der Waals surface area contributed by atoms with Crippen LogP contribution >= 0.6 is 0 Å². The van der Waals surface area contributed by atoms with Crippen molar-refractivity contribution in [2.24, 2.45) is 5.92 Å². The summed E-state index contributed by atoms with van der Waals surface area (Å²) in [6.45, 7) is 5.52. The van der Waals surface area contributed by atoms with Crippen molar-refractivity contribution in [3.8, 4) is 17.2 Å². The number of amides is 1. The van der Waals surface area contributed by atoms with Gasteiger partial charge < -0.3 is 29.7 Å². The van der Waals surface area contributed by atoms with Crippen LogP contribution in [0.5, 0.6) is 17.2 Å². The van der Waals surface area contributed by atoms with Crippen LogP contribution in [-0.2, 0) is 4.79 Å². The number of carbonyl (C=O) groups is 1. The largest absolute Gasteiger partial charge is 0.493 e. The number of nitrogens with one attached hydrogen (secondary N) is 2. The Labute approximate surface area is 218 Å². The van der Waals surface area contributed by atoms with Crippen LogP contribution in [0.25, 0.3) is 0 Å². The van der Waals surface area contributed by atoms with E-state index in [0.717, 1.165) is 30.8 Å². The van der Waals surface area contributed by atoms with Crippen LogP contribution in [0.15, 0.2) is 48.7 Å². The topological polar surface area (TPSA) is 97.8 Å². The summed E-state index contributed by atoms with van der Waals surface area (Å²) in [5.41, 5.74) is 3.01. The van der Waals surface area contributed by atoms with Crippen LogP contribution in [-0.4, -0.2) is 50.3 Å².